The molecule has 1 aromatic carbocycles. The van der Waals surface area contributed by atoms with Crippen LogP contribution < -0.4 is 5.06 Å². The van der Waals surface area contributed by atoms with Crippen LogP contribution in [-0.4, -0.2) is 5.11 Å². The molecule has 0 bridgehead atoms. The van der Waals surface area contributed by atoms with Gasteiger partial charge in [0.1, 0.15) is 12.3 Å². The Morgan fingerprint density at radius 1 is 1.42 bits per heavy atom. The summed E-state index contributed by atoms with van der Waals surface area (Å²) in [6.45, 7) is 0.451. The number of aromatic hydroxyl groups is 1. The number of hydroxylamine groups is 2. The molecule has 0 fully saturated rings. The highest BCUT2D eigenvalue weighted by atomic mass is 16.5. The summed E-state index contributed by atoms with van der Waals surface area (Å²) in [5, 5.41) is 20.2. The van der Waals surface area contributed by atoms with Crippen LogP contribution >= 0.6 is 0 Å². The first kappa shape index (κ1) is 7.34. The van der Waals surface area contributed by atoms with Crippen molar-refractivity contribution in [3.05, 3.63) is 40.7 Å². The maximum absolute atomic E-state index is 11.0. The summed E-state index contributed by atoms with van der Waals surface area (Å²) >= 11 is 0. The van der Waals surface area contributed by atoms with E-state index in [0.29, 0.717) is 6.54 Å². The molecule has 0 aliphatic carbocycles. The minimum atomic E-state index is 0.119. The van der Waals surface area contributed by atoms with E-state index in [0.717, 1.165) is 11.1 Å². The minimum Gasteiger partial charge on any atom is -0.629 e. The van der Waals surface area contributed by atoms with E-state index in [2.05, 4.69) is 0 Å². The highest BCUT2D eigenvalue weighted by Gasteiger charge is 2.08. The zero-order chi connectivity index (χ0) is 8.55. The van der Waals surface area contributed by atoms with Gasteiger partial charge in [-0.1, -0.05) is 0 Å². The summed E-state index contributed by atoms with van der Waals surface area (Å²) in [4.78, 5) is 0. The Bertz CT molecular complexity index is 333. The molecule has 0 spiro atoms. The molecule has 12 heavy (non-hydrogen) atoms. The number of rotatable bonds is 0. The summed E-state index contributed by atoms with van der Waals surface area (Å²) < 4.78 is 0. The van der Waals surface area contributed by atoms with Crippen LogP contribution in [0.1, 0.15) is 11.1 Å². The highest BCUT2D eigenvalue weighted by Crippen LogP contribution is 2.18. The zero-order valence-electron chi connectivity index (χ0n) is 6.45. The lowest BCUT2D eigenvalue weighted by Crippen LogP contribution is -3.01. The van der Waals surface area contributed by atoms with Gasteiger partial charge in [-0.15, -0.1) is 0 Å². The fraction of sp³-hybridized carbons (Fsp3) is 0.111. The SMILES string of the molecule is [O-][NH+]1C=Cc2cc(O)ccc2C1. The summed E-state index contributed by atoms with van der Waals surface area (Å²) in [6, 6.07) is 5.05. The molecule has 0 aromatic heterocycles. The first-order chi connectivity index (χ1) is 5.75. The Hall–Kier alpha value is -1.32. The van der Waals surface area contributed by atoms with E-state index < -0.39 is 0 Å². The maximum atomic E-state index is 11.0. The molecule has 1 aromatic rings. The first-order valence-electron chi connectivity index (χ1n) is 3.78. The number of hydrogen-bond donors (Lipinski definition) is 2. The molecule has 1 unspecified atom stereocenters. The van der Waals surface area contributed by atoms with Gasteiger partial charge in [0.05, 0.1) is 6.20 Å². The third-order valence-electron chi connectivity index (χ3n) is 1.94. The molecular weight excluding hydrogens is 154 g/mol. The lowest BCUT2D eigenvalue weighted by molar-refractivity contribution is -0.806. The quantitative estimate of drug-likeness (QED) is 0.539. The van der Waals surface area contributed by atoms with Crippen LogP contribution in [0.5, 0.6) is 5.75 Å². The average Bonchev–Trinajstić information content (AvgIpc) is 2.05. The summed E-state index contributed by atoms with van der Waals surface area (Å²) in [6.07, 6.45) is 3.28. The van der Waals surface area contributed by atoms with Crippen molar-refractivity contribution in [1.82, 2.24) is 0 Å². The summed E-state index contributed by atoms with van der Waals surface area (Å²) in [5.74, 6) is 0.243. The molecule has 0 saturated carbocycles. The van der Waals surface area contributed by atoms with Crippen molar-refractivity contribution in [3.8, 4) is 5.75 Å². The number of benzene rings is 1. The van der Waals surface area contributed by atoms with E-state index >= 15 is 0 Å². The van der Waals surface area contributed by atoms with Gasteiger partial charge in [-0.3, -0.25) is 0 Å². The number of fused-ring (bicyclic) bond motifs is 1. The molecule has 3 heteroatoms. The standard InChI is InChI=1S/C9H9NO2/c11-9-2-1-8-6-10(12)4-3-7(8)5-9/h1-5,10-11H,6H2. The number of hydrogen-bond acceptors (Lipinski definition) is 2. The van der Waals surface area contributed by atoms with Crippen molar-refractivity contribution >= 4 is 6.08 Å². The monoisotopic (exact) mass is 163 g/mol. The van der Waals surface area contributed by atoms with Crippen LogP contribution in [0.25, 0.3) is 6.08 Å². The Kier molecular flexibility index (Phi) is 1.60. The molecule has 0 amide bonds. The summed E-state index contributed by atoms with van der Waals surface area (Å²) in [7, 11) is 0. The fourth-order valence-electron chi connectivity index (χ4n) is 1.33. The molecular formula is C9H9NO2. The van der Waals surface area contributed by atoms with E-state index in [1.807, 2.05) is 0 Å². The number of nitrogens with one attached hydrogen (secondary N) is 1. The minimum absolute atomic E-state index is 0.119. The highest BCUT2D eigenvalue weighted by molar-refractivity contribution is 5.56. The topological polar surface area (TPSA) is 47.7 Å². The second-order valence-corrected chi connectivity index (χ2v) is 2.86. The van der Waals surface area contributed by atoms with E-state index in [1.54, 1.807) is 30.5 Å². The van der Waals surface area contributed by atoms with Crippen LogP contribution in [0.2, 0.25) is 0 Å². The Balaban J connectivity index is 2.47. The average molecular weight is 163 g/mol. The lowest BCUT2D eigenvalue weighted by Gasteiger charge is -2.22. The Morgan fingerprint density at radius 3 is 3.08 bits per heavy atom. The molecule has 3 nitrogen and oxygen atoms in total. The third-order valence-corrected chi connectivity index (χ3v) is 1.94. The molecule has 2 N–H and O–H groups in total. The number of phenols is 1. The van der Waals surface area contributed by atoms with Gasteiger partial charge in [-0.2, -0.15) is 0 Å². The molecule has 1 aliphatic rings. The largest absolute Gasteiger partial charge is 0.629 e. The Morgan fingerprint density at radius 2 is 2.25 bits per heavy atom. The molecule has 0 radical (unpaired) electrons. The molecule has 1 aliphatic heterocycles. The van der Waals surface area contributed by atoms with Crippen molar-refractivity contribution in [1.29, 1.82) is 0 Å². The molecule has 62 valence electrons. The van der Waals surface area contributed by atoms with Crippen molar-refractivity contribution in [2.24, 2.45) is 0 Å². The van der Waals surface area contributed by atoms with Gasteiger partial charge in [0.25, 0.3) is 0 Å². The number of quaternary nitrogens is 1. The third kappa shape index (κ3) is 1.20. The van der Waals surface area contributed by atoms with E-state index in [9.17, 15) is 5.21 Å². The molecule has 2 rings (SSSR count). The van der Waals surface area contributed by atoms with Crippen LogP contribution in [0.15, 0.2) is 24.4 Å². The van der Waals surface area contributed by atoms with Crippen molar-refractivity contribution in [2.45, 2.75) is 6.54 Å². The van der Waals surface area contributed by atoms with Gasteiger partial charge in [-0.05, 0) is 29.8 Å². The van der Waals surface area contributed by atoms with Crippen molar-refractivity contribution in [3.63, 3.8) is 0 Å². The predicted molar refractivity (Wildman–Crippen MR) is 45.2 cm³/mol. The smallest absolute Gasteiger partial charge is 0.116 e. The van der Waals surface area contributed by atoms with Gasteiger partial charge in [0, 0.05) is 5.56 Å². The molecule has 1 atom stereocenters. The van der Waals surface area contributed by atoms with E-state index in [-0.39, 0.29) is 10.8 Å². The van der Waals surface area contributed by atoms with Gasteiger partial charge in [0.2, 0.25) is 0 Å². The van der Waals surface area contributed by atoms with Crippen LogP contribution in [0, 0.1) is 5.21 Å². The van der Waals surface area contributed by atoms with Gasteiger partial charge in [0.15, 0.2) is 0 Å². The zero-order valence-corrected chi connectivity index (χ0v) is 6.45. The maximum Gasteiger partial charge on any atom is 0.116 e. The lowest BCUT2D eigenvalue weighted by atomic mass is 10.1. The molecule has 0 saturated heterocycles. The van der Waals surface area contributed by atoms with Crippen LogP contribution in [-0.2, 0) is 6.54 Å². The Labute approximate surface area is 70.1 Å². The van der Waals surface area contributed by atoms with Crippen molar-refractivity contribution < 1.29 is 10.2 Å². The second kappa shape index (κ2) is 2.62. The van der Waals surface area contributed by atoms with Gasteiger partial charge >= 0.3 is 0 Å². The van der Waals surface area contributed by atoms with Crippen LogP contribution in [0.4, 0.5) is 0 Å². The number of phenolic OH excluding ortho intramolecular Hbond substituents is 1. The predicted octanol–water partition coefficient (Wildman–Crippen LogP) is 0.259. The van der Waals surface area contributed by atoms with E-state index in [4.69, 9.17) is 5.11 Å². The van der Waals surface area contributed by atoms with Crippen molar-refractivity contribution in [2.75, 3.05) is 0 Å². The first-order valence-corrected chi connectivity index (χ1v) is 3.78. The normalized spacial score (nSPS) is 20.6. The summed E-state index contributed by atoms with van der Waals surface area (Å²) in [5.41, 5.74) is 1.93. The second-order valence-electron chi connectivity index (χ2n) is 2.86. The van der Waals surface area contributed by atoms with E-state index in [1.165, 1.54) is 0 Å². The van der Waals surface area contributed by atoms with Gasteiger partial charge < -0.3 is 15.4 Å². The molecule has 1 heterocycles. The van der Waals surface area contributed by atoms with Gasteiger partial charge in [-0.25, -0.2) is 0 Å². The van der Waals surface area contributed by atoms with Crippen LogP contribution in [0.3, 0.4) is 0 Å². The fourth-order valence-corrected chi connectivity index (χ4v) is 1.33.